The lowest BCUT2D eigenvalue weighted by Crippen LogP contribution is -2.32. The molecule has 1 aliphatic heterocycles. The van der Waals surface area contributed by atoms with E-state index >= 15 is 0 Å². The van der Waals surface area contributed by atoms with Crippen molar-refractivity contribution < 1.29 is 5.11 Å². The number of hydrogen-bond acceptors (Lipinski definition) is 6. The molecule has 27 heavy (non-hydrogen) atoms. The van der Waals surface area contributed by atoms with Crippen molar-refractivity contribution in [2.24, 2.45) is 0 Å². The predicted octanol–water partition coefficient (Wildman–Crippen LogP) is 2.21. The van der Waals surface area contributed by atoms with Crippen LogP contribution < -0.4 is 16.0 Å². The van der Waals surface area contributed by atoms with Crippen LogP contribution in [0.3, 0.4) is 0 Å². The molecule has 142 valence electrons. The highest BCUT2D eigenvalue weighted by Gasteiger charge is 2.25. The van der Waals surface area contributed by atoms with Gasteiger partial charge in [0.25, 0.3) is 0 Å². The summed E-state index contributed by atoms with van der Waals surface area (Å²) < 4.78 is 1.85. The third-order valence-electron chi connectivity index (χ3n) is 4.95. The van der Waals surface area contributed by atoms with Gasteiger partial charge in [0.1, 0.15) is 11.6 Å². The van der Waals surface area contributed by atoms with Gasteiger partial charge < -0.3 is 21.1 Å². The second-order valence-electron chi connectivity index (χ2n) is 7.33. The van der Waals surface area contributed by atoms with Gasteiger partial charge in [-0.15, -0.1) is 0 Å². The van der Waals surface area contributed by atoms with E-state index in [4.69, 9.17) is 4.98 Å². The number of aliphatic hydroxyl groups is 1. The molecule has 4 N–H and O–H groups in total. The summed E-state index contributed by atoms with van der Waals surface area (Å²) in [6.07, 6.45) is 1.47. The first-order valence-corrected chi connectivity index (χ1v) is 9.43. The summed E-state index contributed by atoms with van der Waals surface area (Å²) in [6.45, 7) is 6.30. The van der Waals surface area contributed by atoms with Crippen molar-refractivity contribution in [2.75, 3.05) is 23.7 Å². The summed E-state index contributed by atoms with van der Waals surface area (Å²) in [6, 6.07) is 12.2. The molecular formula is C20H26N6O. The average Bonchev–Trinajstić information content (AvgIpc) is 3.27. The molecule has 0 aliphatic carbocycles. The minimum Gasteiger partial charge on any atom is -0.390 e. The molecule has 1 fully saturated rings. The maximum Gasteiger partial charge on any atom is 0.163 e. The number of nitrogens with one attached hydrogen (secondary N) is 3. The largest absolute Gasteiger partial charge is 0.390 e. The molecule has 1 aromatic carbocycles. The van der Waals surface area contributed by atoms with Crippen LogP contribution in [0.5, 0.6) is 0 Å². The quantitative estimate of drug-likeness (QED) is 0.535. The number of rotatable bonds is 6. The smallest absolute Gasteiger partial charge is 0.163 e. The molecular weight excluding hydrogens is 340 g/mol. The van der Waals surface area contributed by atoms with Gasteiger partial charge in [0, 0.05) is 31.3 Å². The van der Waals surface area contributed by atoms with Crippen molar-refractivity contribution >= 4 is 17.3 Å². The van der Waals surface area contributed by atoms with Gasteiger partial charge in [-0.2, -0.15) is 9.61 Å². The molecule has 1 saturated heterocycles. The molecule has 0 spiro atoms. The highest BCUT2D eigenvalue weighted by Crippen LogP contribution is 2.25. The molecule has 0 amide bonds. The summed E-state index contributed by atoms with van der Waals surface area (Å²) in [5.41, 5.74) is 3.14. The molecule has 2 aromatic heterocycles. The van der Waals surface area contributed by atoms with E-state index in [1.54, 1.807) is 0 Å². The third-order valence-corrected chi connectivity index (χ3v) is 4.95. The van der Waals surface area contributed by atoms with Crippen LogP contribution >= 0.6 is 0 Å². The van der Waals surface area contributed by atoms with E-state index in [1.165, 1.54) is 5.56 Å². The lowest BCUT2D eigenvalue weighted by molar-refractivity contribution is 0.185. The fourth-order valence-electron chi connectivity index (χ4n) is 3.38. The van der Waals surface area contributed by atoms with Crippen LogP contribution in [0.15, 0.2) is 42.6 Å². The monoisotopic (exact) mass is 366 g/mol. The highest BCUT2D eigenvalue weighted by atomic mass is 16.3. The van der Waals surface area contributed by atoms with Crippen LogP contribution in [-0.4, -0.2) is 44.9 Å². The van der Waals surface area contributed by atoms with E-state index in [0.29, 0.717) is 19.0 Å². The summed E-state index contributed by atoms with van der Waals surface area (Å²) in [7, 11) is 0. The number of aliphatic hydroxyl groups excluding tert-OH is 1. The van der Waals surface area contributed by atoms with E-state index in [-0.39, 0.29) is 6.04 Å². The maximum absolute atomic E-state index is 10.1. The minimum atomic E-state index is -0.418. The van der Waals surface area contributed by atoms with E-state index in [1.807, 2.05) is 35.0 Å². The van der Waals surface area contributed by atoms with Crippen molar-refractivity contribution in [1.82, 2.24) is 19.9 Å². The molecule has 7 heteroatoms. The van der Waals surface area contributed by atoms with Crippen LogP contribution in [-0.2, 0) is 6.54 Å². The minimum absolute atomic E-state index is 0.0488. The predicted molar refractivity (Wildman–Crippen MR) is 107 cm³/mol. The number of nitrogens with zero attached hydrogens (tertiary/aromatic N) is 3. The highest BCUT2D eigenvalue weighted by molar-refractivity contribution is 5.61. The second-order valence-corrected chi connectivity index (χ2v) is 7.33. The van der Waals surface area contributed by atoms with Gasteiger partial charge in [0.2, 0.25) is 0 Å². The zero-order chi connectivity index (χ0) is 18.8. The van der Waals surface area contributed by atoms with Gasteiger partial charge in [-0.05, 0) is 11.5 Å². The molecule has 0 bridgehead atoms. The first-order valence-electron chi connectivity index (χ1n) is 9.43. The van der Waals surface area contributed by atoms with Crippen molar-refractivity contribution in [3.63, 3.8) is 0 Å². The number of benzene rings is 1. The van der Waals surface area contributed by atoms with Crippen LogP contribution in [0, 0.1) is 0 Å². The third kappa shape index (κ3) is 3.74. The molecule has 0 radical (unpaired) electrons. The average molecular weight is 366 g/mol. The van der Waals surface area contributed by atoms with Crippen molar-refractivity contribution in [3.05, 3.63) is 53.7 Å². The molecule has 4 rings (SSSR count). The Morgan fingerprint density at radius 2 is 2.07 bits per heavy atom. The lowest BCUT2D eigenvalue weighted by atomic mass is 10.1. The van der Waals surface area contributed by atoms with E-state index in [2.05, 4.69) is 47.0 Å². The van der Waals surface area contributed by atoms with Gasteiger partial charge in [-0.25, -0.2) is 4.98 Å². The Balaban J connectivity index is 1.67. The molecule has 2 atom stereocenters. The fraction of sp³-hybridized carbons (Fsp3) is 0.400. The number of hydrogen-bond donors (Lipinski definition) is 4. The van der Waals surface area contributed by atoms with Gasteiger partial charge in [-0.1, -0.05) is 44.2 Å². The van der Waals surface area contributed by atoms with Gasteiger partial charge >= 0.3 is 0 Å². The Kier molecular flexibility index (Phi) is 4.96. The topological polar surface area (TPSA) is 86.5 Å². The Morgan fingerprint density at radius 3 is 2.78 bits per heavy atom. The van der Waals surface area contributed by atoms with Gasteiger partial charge in [0.05, 0.1) is 18.3 Å². The summed E-state index contributed by atoms with van der Waals surface area (Å²) in [4.78, 5) is 4.78. The number of β-amino-alcohol motifs (C(OH)–C–C–N with tert-alkyl or cyclic N) is 1. The second kappa shape index (κ2) is 7.54. The van der Waals surface area contributed by atoms with E-state index in [0.717, 1.165) is 29.4 Å². The fourth-order valence-corrected chi connectivity index (χ4v) is 3.38. The summed E-state index contributed by atoms with van der Waals surface area (Å²) in [5, 5.41) is 24.7. The van der Waals surface area contributed by atoms with Crippen LogP contribution in [0.4, 0.5) is 11.6 Å². The lowest BCUT2D eigenvalue weighted by Gasteiger charge is -2.18. The molecule has 3 aromatic rings. The van der Waals surface area contributed by atoms with E-state index in [9.17, 15) is 5.11 Å². The summed E-state index contributed by atoms with van der Waals surface area (Å²) in [5.74, 6) is 1.94. The SMILES string of the molecule is CC(C)c1cnn2c(NCc3ccccc3)cc(NC3CNC[C@H]3O)nc12. The number of aromatic nitrogens is 3. The Morgan fingerprint density at radius 1 is 1.26 bits per heavy atom. The standard InChI is InChI=1S/C20H26N6O/c1-13(2)15-10-23-26-19(22-9-14-6-4-3-5-7-14)8-18(25-20(15)26)24-16-11-21-12-17(16)27/h3-8,10,13,16-17,21-22,27H,9,11-12H2,1-2H3,(H,24,25)/t16?,17-/m1/s1. The first kappa shape index (κ1) is 17.8. The number of fused-ring (bicyclic) bond motifs is 1. The molecule has 3 heterocycles. The van der Waals surface area contributed by atoms with Gasteiger partial charge in [0.15, 0.2) is 5.65 Å². The van der Waals surface area contributed by atoms with Crippen LogP contribution in [0.1, 0.15) is 30.9 Å². The Hall–Kier alpha value is -2.64. The van der Waals surface area contributed by atoms with Crippen molar-refractivity contribution in [1.29, 1.82) is 0 Å². The zero-order valence-electron chi connectivity index (χ0n) is 15.7. The normalized spacial score (nSPS) is 19.7. The van der Waals surface area contributed by atoms with E-state index < -0.39 is 6.10 Å². The number of anilines is 2. The maximum atomic E-state index is 10.1. The zero-order valence-corrected chi connectivity index (χ0v) is 15.7. The molecule has 0 saturated carbocycles. The molecule has 1 unspecified atom stereocenters. The van der Waals surface area contributed by atoms with Crippen molar-refractivity contribution in [2.45, 2.75) is 38.5 Å². The molecule has 1 aliphatic rings. The molecule has 7 nitrogen and oxygen atoms in total. The van der Waals surface area contributed by atoms with Crippen LogP contribution in [0.25, 0.3) is 5.65 Å². The first-order chi connectivity index (χ1) is 13.1. The van der Waals surface area contributed by atoms with Crippen molar-refractivity contribution in [3.8, 4) is 0 Å². The van der Waals surface area contributed by atoms with Gasteiger partial charge in [-0.3, -0.25) is 0 Å². The Labute approximate surface area is 158 Å². The Bertz CT molecular complexity index is 907. The summed E-state index contributed by atoms with van der Waals surface area (Å²) >= 11 is 0. The van der Waals surface area contributed by atoms with Crippen LogP contribution in [0.2, 0.25) is 0 Å².